The molecule has 0 amide bonds. The Morgan fingerprint density at radius 2 is 1.71 bits per heavy atom. The number of hydrogen-bond donors (Lipinski definition) is 0. The predicted molar refractivity (Wildman–Crippen MR) is 186 cm³/mol. The molecule has 1 heterocycles. The van der Waals surface area contributed by atoms with Gasteiger partial charge in [-0.25, -0.2) is 0 Å². The molecule has 4 aliphatic carbocycles. The summed E-state index contributed by atoms with van der Waals surface area (Å²) in [6.07, 6.45) is 16.6. The average Bonchev–Trinajstić information content (AvgIpc) is 3.68. The van der Waals surface area contributed by atoms with Crippen molar-refractivity contribution < 1.29 is 14.3 Å². The van der Waals surface area contributed by atoms with E-state index < -0.39 is 0 Å². The highest BCUT2D eigenvalue weighted by molar-refractivity contribution is 7.12. The number of ketones is 1. The fraction of sp³-hybridized carbons (Fsp3) is 0.659. The Bertz CT molecular complexity index is 1370. The van der Waals surface area contributed by atoms with Crippen molar-refractivity contribution in [3.8, 4) is 0 Å². The van der Waals surface area contributed by atoms with Crippen molar-refractivity contribution in [2.24, 2.45) is 46.3 Å². The number of esters is 1. The summed E-state index contributed by atoms with van der Waals surface area (Å²) in [4.78, 5) is 26.8. The van der Waals surface area contributed by atoms with E-state index in [1.807, 2.05) is 48.7 Å². The van der Waals surface area contributed by atoms with Crippen molar-refractivity contribution >= 4 is 23.1 Å². The molecular formula is C41H56O3S. The van der Waals surface area contributed by atoms with Gasteiger partial charge in [0, 0.05) is 12.0 Å². The first kappa shape index (κ1) is 32.7. The molecule has 0 radical (unpaired) electrons. The van der Waals surface area contributed by atoms with Gasteiger partial charge in [-0.05, 0) is 115 Å². The van der Waals surface area contributed by atoms with Gasteiger partial charge in [-0.1, -0.05) is 95.9 Å². The Labute approximate surface area is 276 Å². The molecule has 244 valence electrons. The number of benzene rings is 1. The van der Waals surface area contributed by atoms with Crippen LogP contribution in [0.25, 0.3) is 0 Å². The molecule has 3 nitrogen and oxygen atoms in total. The van der Waals surface area contributed by atoms with E-state index in [0.29, 0.717) is 11.0 Å². The lowest BCUT2D eigenvalue weighted by molar-refractivity contribution is -0.153. The smallest absolute Gasteiger partial charge is 0.313 e. The molecule has 0 bridgehead atoms. The predicted octanol–water partition coefficient (Wildman–Crippen LogP) is 11.0. The topological polar surface area (TPSA) is 43.4 Å². The first-order valence-corrected chi connectivity index (χ1v) is 19.0. The zero-order chi connectivity index (χ0) is 31.9. The normalized spacial score (nSPS) is 33.8. The van der Waals surface area contributed by atoms with Crippen LogP contribution in [-0.4, -0.2) is 17.9 Å². The zero-order valence-electron chi connectivity index (χ0n) is 28.6. The third-order valence-corrected chi connectivity index (χ3v) is 14.2. The molecule has 9 atom stereocenters. The van der Waals surface area contributed by atoms with Gasteiger partial charge in [-0.15, -0.1) is 11.3 Å². The molecule has 3 fully saturated rings. The molecule has 1 aromatic carbocycles. The number of carbonyl (C=O) groups excluding carboxylic acids is 2. The minimum absolute atomic E-state index is 0.0297. The second-order valence-corrected chi connectivity index (χ2v) is 17.2. The van der Waals surface area contributed by atoms with Gasteiger partial charge >= 0.3 is 5.97 Å². The summed E-state index contributed by atoms with van der Waals surface area (Å²) in [6, 6.07) is 11.2. The second kappa shape index (κ2) is 13.1. The van der Waals surface area contributed by atoms with Crippen LogP contribution in [0.1, 0.15) is 139 Å². The molecule has 0 spiro atoms. The Balaban J connectivity index is 1.07. The Hall–Kier alpha value is -2.20. The zero-order valence-corrected chi connectivity index (χ0v) is 29.5. The highest BCUT2D eigenvalue weighted by Gasteiger charge is 2.59. The quantitative estimate of drug-likeness (QED) is 0.149. The highest BCUT2D eigenvalue weighted by atomic mass is 32.1. The Morgan fingerprint density at radius 1 is 0.933 bits per heavy atom. The second-order valence-electron chi connectivity index (χ2n) is 16.2. The fourth-order valence-corrected chi connectivity index (χ4v) is 11.3. The highest BCUT2D eigenvalue weighted by Crippen LogP contribution is 2.67. The SMILES string of the molecule is CC(C)CCC[C@@H](C)[C@H]1CC[C@H]2[C@@H]3CC=C4C[C@H](OC(=O)[C@H](C)c5ccc(C(=O)c6cccs6)cc5)CC[C@]4(C)[C@H]3CC[C@]12C. The standard InChI is InChI=1S/C41H56O3S/c1-26(2)9-7-10-27(3)34-18-19-35-33-17-16-31-25-32(20-22-40(31,5)36(33)21-23-41(34,35)6)44-39(43)28(4)29-12-14-30(15-13-29)38(42)37-11-8-24-45-37/h8,11-16,24,26-28,32-36H,7,9-10,17-23,25H2,1-6H3/t27-,28-,32-,33+,34-,35+,36+,40+,41-/m1/s1. The molecule has 0 saturated heterocycles. The van der Waals surface area contributed by atoms with Crippen LogP contribution in [0, 0.1) is 46.3 Å². The average molecular weight is 629 g/mol. The van der Waals surface area contributed by atoms with E-state index in [4.69, 9.17) is 4.74 Å². The van der Waals surface area contributed by atoms with E-state index in [1.165, 1.54) is 62.7 Å². The summed E-state index contributed by atoms with van der Waals surface area (Å²) in [5.41, 5.74) is 3.89. The van der Waals surface area contributed by atoms with Crippen LogP contribution in [0.5, 0.6) is 0 Å². The number of carbonyl (C=O) groups is 2. The van der Waals surface area contributed by atoms with E-state index in [-0.39, 0.29) is 29.2 Å². The van der Waals surface area contributed by atoms with Crippen molar-refractivity contribution in [2.45, 2.75) is 124 Å². The molecule has 0 N–H and O–H groups in total. The first-order valence-electron chi connectivity index (χ1n) is 18.1. The minimum Gasteiger partial charge on any atom is -0.462 e. The third-order valence-electron chi connectivity index (χ3n) is 13.3. The van der Waals surface area contributed by atoms with Crippen molar-refractivity contribution in [3.05, 3.63) is 69.4 Å². The maximum absolute atomic E-state index is 13.3. The lowest BCUT2D eigenvalue weighted by atomic mass is 9.47. The largest absolute Gasteiger partial charge is 0.462 e. The molecule has 0 unspecified atom stereocenters. The maximum atomic E-state index is 13.3. The number of fused-ring (bicyclic) bond motifs is 5. The van der Waals surface area contributed by atoms with E-state index in [9.17, 15) is 9.59 Å². The molecule has 6 rings (SSSR count). The van der Waals surface area contributed by atoms with Crippen LogP contribution in [-0.2, 0) is 9.53 Å². The van der Waals surface area contributed by atoms with Gasteiger partial charge < -0.3 is 4.74 Å². The van der Waals surface area contributed by atoms with Crippen molar-refractivity contribution in [1.82, 2.24) is 0 Å². The van der Waals surface area contributed by atoms with Crippen LogP contribution in [0.3, 0.4) is 0 Å². The Kier molecular flexibility index (Phi) is 9.55. The van der Waals surface area contributed by atoms with Gasteiger partial charge in [0.1, 0.15) is 6.10 Å². The van der Waals surface area contributed by atoms with Crippen LogP contribution in [0.4, 0.5) is 0 Å². The van der Waals surface area contributed by atoms with Crippen molar-refractivity contribution in [1.29, 1.82) is 0 Å². The van der Waals surface area contributed by atoms with Crippen LogP contribution >= 0.6 is 11.3 Å². The summed E-state index contributed by atoms with van der Waals surface area (Å²) < 4.78 is 6.20. The first-order chi connectivity index (χ1) is 21.5. The third kappa shape index (κ3) is 6.27. The molecule has 3 saturated carbocycles. The Morgan fingerprint density at radius 3 is 2.42 bits per heavy atom. The lowest BCUT2D eigenvalue weighted by Gasteiger charge is -2.58. The molecule has 2 aromatic rings. The molecule has 45 heavy (non-hydrogen) atoms. The summed E-state index contributed by atoms with van der Waals surface area (Å²) in [5.74, 6) is 4.54. The number of rotatable bonds is 10. The molecule has 1 aromatic heterocycles. The maximum Gasteiger partial charge on any atom is 0.313 e. The van der Waals surface area contributed by atoms with Gasteiger partial charge in [0.25, 0.3) is 0 Å². The number of thiophene rings is 1. The number of hydrogen-bond acceptors (Lipinski definition) is 4. The summed E-state index contributed by atoms with van der Waals surface area (Å²) >= 11 is 1.45. The van der Waals surface area contributed by atoms with Crippen LogP contribution < -0.4 is 0 Å². The van der Waals surface area contributed by atoms with E-state index in [1.54, 1.807) is 5.57 Å². The van der Waals surface area contributed by atoms with Gasteiger partial charge in [0.2, 0.25) is 5.78 Å². The molecule has 0 aliphatic heterocycles. The van der Waals surface area contributed by atoms with Gasteiger partial charge in [0.05, 0.1) is 10.8 Å². The molecule has 4 heteroatoms. The lowest BCUT2D eigenvalue weighted by Crippen LogP contribution is -2.51. The summed E-state index contributed by atoms with van der Waals surface area (Å²) in [6.45, 7) is 14.4. The van der Waals surface area contributed by atoms with Crippen molar-refractivity contribution in [2.75, 3.05) is 0 Å². The van der Waals surface area contributed by atoms with Crippen LogP contribution in [0.2, 0.25) is 0 Å². The van der Waals surface area contributed by atoms with Gasteiger partial charge in [0.15, 0.2) is 0 Å². The summed E-state index contributed by atoms with van der Waals surface area (Å²) in [5, 5.41) is 1.92. The van der Waals surface area contributed by atoms with Crippen molar-refractivity contribution in [3.63, 3.8) is 0 Å². The monoisotopic (exact) mass is 628 g/mol. The number of allylic oxidation sites excluding steroid dienone is 1. The van der Waals surface area contributed by atoms with E-state index >= 15 is 0 Å². The van der Waals surface area contributed by atoms with Gasteiger partial charge in [-0.2, -0.15) is 0 Å². The summed E-state index contributed by atoms with van der Waals surface area (Å²) in [7, 11) is 0. The van der Waals surface area contributed by atoms with E-state index in [0.717, 1.165) is 65.2 Å². The molecule has 4 aliphatic rings. The van der Waals surface area contributed by atoms with Crippen LogP contribution in [0.15, 0.2) is 53.4 Å². The van der Waals surface area contributed by atoms with Gasteiger partial charge in [-0.3, -0.25) is 9.59 Å². The number of ether oxygens (including phenoxy) is 1. The van der Waals surface area contributed by atoms with E-state index in [2.05, 4.69) is 40.7 Å². The molecular weight excluding hydrogens is 573 g/mol. The minimum atomic E-state index is -0.354. The fourth-order valence-electron chi connectivity index (χ4n) is 10.6.